The number of hydrogen-bond donors (Lipinski definition) is 1. The number of piperidine rings is 1. The number of rotatable bonds is 4. The number of carbonyl (C=O) groups excluding carboxylic acids is 2. The third kappa shape index (κ3) is 4.91. The normalized spacial score (nSPS) is 27.1. The van der Waals surface area contributed by atoms with Gasteiger partial charge in [-0.25, -0.2) is 8.42 Å². The number of amides is 2. The molecule has 0 saturated carbocycles. The Balaban J connectivity index is 1.75. The van der Waals surface area contributed by atoms with Crippen molar-refractivity contribution >= 4 is 21.7 Å². The van der Waals surface area contributed by atoms with Crippen LogP contribution in [0.25, 0.3) is 0 Å². The minimum Gasteiger partial charge on any atom is -0.355 e. The van der Waals surface area contributed by atoms with Crippen LogP contribution in [0.15, 0.2) is 24.3 Å². The summed E-state index contributed by atoms with van der Waals surface area (Å²) in [5.41, 5.74) is -0.341. The van der Waals surface area contributed by atoms with Crippen LogP contribution in [-0.2, 0) is 25.6 Å². The van der Waals surface area contributed by atoms with Crippen LogP contribution in [0.5, 0.6) is 0 Å². The zero-order chi connectivity index (χ0) is 21.4. The highest BCUT2D eigenvalue weighted by Gasteiger charge is 2.40. The van der Waals surface area contributed by atoms with Crippen molar-refractivity contribution in [1.82, 2.24) is 10.2 Å². The lowest BCUT2D eigenvalue weighted by atomic mass is 9.83. The van der Waals surface area contributed by atoms with E-state index in [-0.39, 0.29) is 48.6 Å². The number of hydrogen-bond acceptors (Lipinski definition) is 4. The summed E-state index contributed by atoms with van der Waals surface area (Å²) >= 11 is 0. The molecule has 0 radical (unpaired) electrons. The second-order valence-electron chi connectivity index (χ2n) is 7.73. The summed E-state index contributed by atoms with van der Waals surface area (Å²) in [5, 5.41) is 2.78. The highest BCUT2D eigenvalue weighted by molar-refractivity contribution is 7.91. The van der Waals surface area contributed by atoms with Crippen molar-refractivity contribution in [2.45, 2.75) is 31.5 Å². The molecule has 2 amide bonds. The van der Waals surface area contributed by atoms with Gasteiger partial charge in [-0.15, -0.1) is 0 Å². The van der Waals surface area contributed by atoms with E-state index < -0.39 is 33.5 Å². The van der Waals surface area contributed by atoms with Gasteiger partial charge in [0.15, 0.2) is 9.84 Å². The first-order valence-electron chi connectivity index (χ1n) is 9.39. The van der Waals surface area contributed by atoms with Gasteiger partial charge in [0.25, 0.3) is 0 Å². The number of halogens is 3. The smallest absolute Gasteiger partial charge is 0.355 e. The lowest BCUT2D eigenvalue weighted by Gasteiger charge is -2.38. The van der Waals surface area contributed by atoms with Crippen molar-refractivity contribution < 1.29 is 31.2 Å². The Hall–Kier alpha value is -2.10. The van der Waals surface area contributed by atoms with E-state index in [0.717, 1.165) is 12.1 Å². The molecule has 0 aliphatic carbocycles. The molecule has 2 fully saturated rings. The Bertz CT molecular complexity index is 884. The van der Waals surface area contributed by atoms with E-state index in [1.165, 1.54) is 24.1 Å². The van der Waals surface area contributed by atoms with Crippen molar-refractivity contribution in [2.75, 3.05) is 25.1 Å². The number of carbonyl (C=O) groups is 2. The van der Waals surface area contributed by atoms with Crippen LogP contribution in [0.4, 0.5) is 13.2 Å². The molecule has 2 aliphatic rings. The van der Waals surface area contributed by atoms with Gasteiger partial charge in [0.05, 0.1) is 29.0 Å². The molecular formula is C19H23F3N2O4S. The Morgan fingerprint density at radius 1 is 1.21 bits per heavy atom. The molecule has 3 rings (SSSR count). The molecule has 0 aromatic heterocycles. The van der Waals surface area contributed by atoms with Crippen molar-refractivity contribution in [3.8, 4) is 0 Å². The third-order valence-electron chi connectivity index (χ3n) is 5.67. The van der Waals surface area contributed by atoms with Gasteiger partial charge in [-0.1, -0.05) is 12.1 Å². The molecular weight excluding hydrogens is 409 g/mol. The van der Waals surface area contributed by atoms with Gasteiger partial charge < -0.3 is 10.2 Å². The van der Waals surface area contributed by atoms with Gasteiger partial charge in [-0.2, -0.15) is 13.2 Å². The van der Waals surface area contributed by atoms with Crippen LogP contribution in [0.1, 0.15) is 36.4 Å². The summed E-state index contributed by atoms with van der Waals surface area (Å²) in [4.78, 5) is 26.4. The summed E-state index contributed by atoms with van der Waals surface area (Å²) in [5.74, 6) is -1.11. The third-order valence-corrected chi connectivity index (χ3v) is 7.51. The summed E-state index contributed by atoms with van der Waals surface area (Å²) in [6, 6.07) is 3.81. The molecule has 2 aliphatic heterocycles. The first-order chi connectivity index (χ1) is 13.5. The van der Waals surface area contributed by atoms with Crippen LogP contribution < -0.4 is 5.32 Å². The molecule has 1 aromatic rings. The lowest BCUT2D eigenvalue weighted by Crippen LogP contribution is -2.47. The number of nitrogens with one attached hydrogen (secondary N) is 1. The molecule has 3 unspecified atom stereocenters. The first kappa shape index (κ1) is 21.6. The van der Waals surface area contributed by atoms with E-state index in [1.54, 1.807) is 0 Å². The summed E-state index contributed by atoms with van der Waals surface area (Å²) in [6.45, 7) is 0.228. The maximum Gasteiger partial charge on any atom is 0.416 e. The fourth-order valence-corrected chi connectivity index (χ4v) is 5.91. The molecule has 2 heterocycles. The molecule has 0 spiro atoms. The van der Waals surface area contributed by atoms with Crippen LogP contribution in [0.3, 0.4) is 0 Å². The summed E-state index contributed by atoms with van der Waals surface area (Å²) in [6.07, 6.45) is -3.52. The van der Waals surface area contributed by atoms with Gasteiger partial charge in [-0.05, 0) is 36.5 Å². The molecule has 29 heavy (non-hydrogen) atoms. The average Bonchev–Trinajstić information content (AvgIpc) is 3.00. The number of sulfone groups is 1. The summed E-state index contributed by atoms with van der Waals surface area (Å²) in [7, 11) is -1.51. The van der Waals surface area contributed by atoms with Gasteiger partial charge in [0, 0.05) is 20.0 Å². The van der Waals surface area contributed by atoms with Gasteiger partial charge in [-0.3, -0.25) is 9.59 Å². The van der Waals surface area contributed by atoms with Crippen LogP contribution in [-0.4, -0.2) is 50.2 Å². The quantitative estimate of drug-likeness (QED) is 0.791. The van der Waals surface area contributed by atoms with Crippen molar-refractivity contribution in [2.24, 2.45) is 11.8 Å². The Kier molecular flexibility index (Phi) is 5.93. The number of likely N-dealkylation sites (tertiary alicyclic amines) is 1. The number of benzene rings is 1. The van der Waals surface area contributed by atoms with Crippen LogP contribution in [0.2, 0.25) is 0 Å². The second kappa shape index (κ2) is 7.97. The lowest BCUT2D eigenvalue weighted by molar-refractivity contribution is -0.142. The highest BCUT2D eigenvalue weighted by Crippen LogP contribution is 2.37. The van der Waals surface area contributed by atoms with E-state index in [1.807, 2.05) is 0 Å². The van der Waals surface area contributed by atoms with E-state index in [2.05, 4.69) is 5.32 Å². The zero-order valence-electron chi connectivity index (χ0n) is 15.9. The van der Waals surface area contributed by atoms with Crippen molar-refractivity contribution in [3.63, 3.8) is 0 Å². The van der Waals surface area contributed by atoms with E-state index in [9.17, 15) is 31.2 Å². The number of nitrogens with zero attached hydrogens (tertiary/aromatic N) is 1. The molecule has 6 nitrogen and oxygen atoms in total. The molecule has 3 atom stereocenters. The molecule has 10 heteroatoms. The minimum atomic E-state index is -4.47. The Morgan fingerprint density at radius 2 is 1.86 bits per heavy atom. The van der Waals surface area contributed by atoms with Crippen LogP contribution >= 0.6 is 0 Å². The topological polar surface area (TPSA) is 83.6 Å². The Labute approximate surface area is 167 Å². The van der Waals surface area contributed by atoms with Gasteiger partial charge >= 0.3 is 6.18 Å². The summed E-state index contributed by atoms with van der Waals surface area (Å²) < 4.78 is 61.6. The van der Waals surface area contributed by atoms with Crippen molar-refractivity contribution in [1.29, 1.82) is 0 Å². The average molecular weight is 432 g/mol. The van der Waals surface area contributed by atoms with Gasteiger partial charge in [0.2, 0.25) is 11.8 Å². The molecule has 0 bridgehead atoms. The molecule has 1 aromatic carbocycles. The highest BCUT2D eigenvalue weighted by atomic mass is 32.2. The maximum absolute atomic E-state index is 12.8. The van der Waals surface area contributed by atoms with E-state index >= 15 is 0 Å². The van der Waals surface area contributed by atoms with E-state index in [4.69, 9.17) is 0 Å². The molecule has 160 valence electrons. The first-order valence-corrected chi connectivity index (χ1v) is 11.2. The van der Waals surface area contributed by atoms with Crippen LogP contribution in [0, 0.1) is 11.8 Å². The van der Waals surface area contributed by atoms with Crippen molar-refractivity contribution in [3.05, 3.63) is 35.4 Å². The van der Waals surface area contributed by atoms with E-state index in [0.29, 0.717) is 12.0 Å². The number of alkyl halides is 3. The minimum absolute atomic E-state index is 0.0403. The fourth-order valence-electron chi connectivity index (χ4n) is 4.05. The zero-order valence-corrected chi connectivity index (χ0v) is 16.7. The predicted molar refractivity (Wildman–Crippen MR) is 99.4 cm³/mol. The largest absolute Gasteiger partial charge is 0.416 e. The SMILES string of the molecule is CN1C(=O)CCC(C(=O)NCC2CCS(=O)(=O)C2)C1c1ccc(C(F)(F)F)cc1. The second-order valence-corrected chi connectivity index (χ2v) is 9.96. The molecule has 1 N–H and O–H groups in total. The standard InChI is InChI=1S/C19H23F3N2O4S/c1-24-16(25)7-6-15(18(26)23-10-12-8-9-29(27,28)11-12)17(24)13-2-4-14(5-3-13)19(20,21)22/h2-5,12,15,17H,6-11H2,1H3,(H,23,26). The van der Waals surface area contributed by atoms with Gasteiger partial charge in [0.1, 0.15) is 0 Å². The Morgan fingerprint density at radius 3 is 2.41 bits per heavy atom. The molecule has 2 saturated heterocycles. The monoisotopic (exact) mass is 432 g/mol. The predicted octanol–water partition coefficient (Wildman–Crippen LogP) is 2.17. The maximum atomic E-state index is 12.8. The fraction of sp³-hybridized carbons (Fsp3) is 0.579.